The van der Waals surface area contributed by atoms with Gasteiger partial charge in [-0.15, -0.1) is 0 Å². The minimum absolute atomic E-state index is 0.864. The van der Waals surface area contributed by atoms with Crippen molar-refractivity contribution >= 4 is 17.5 Å². The number of anilines is 3. The third kappa shape index (κ3) is 2.71. The van der Waals surface area contributed by atoms with Gasteiger partial charge in [0, 0.05) is 37.0 Å². The van der Waals surface area contributed by atoms with Crippen LogP contribution in [0.5, 0.6) is 0 Å². The smallest absolute Gasteiger partial charge is 0.227 e. The zero-order valence-corrected chi connectivity index (χ0v) is 14.8. The summed E-state index contributed by atoms with van der Waals surface area (Å²) in [6.07, 6.45) is 3.52. The van der Waals surface area contributed by atoms with E-state index >= 15 is 0 Å². The Hall–Kier alpha value is -2.88. The van der Waals surface area contributed by atoms with Gasteiger partial charge in [-0.3, -0.25) is 0 Å². The van der Waals surface area contributed by atoms with E-state index in [1.54, 1.807) is 0 Å². The standard InChI is InChI=1S/C22H22N4/c1-2-8-17(9-3-1)19-16-21(24-22(23-19)25-13-6-7-14-25)26-15-12-18-10-4-5-11-20(18)26/h1-5,8-11,16H,6-7,12-15H2. The molecule has 0 bridgehead atoms. The third-order valence-corrected chi connectivity index (χ3v) is 5.32. The van der Waals surface area contributed by atoms with Gasteiger partial charge < -0.3 is 9.80 Å². The van der Waals surface area contributed by atoms with Crippen LogP contribution in [0.4, 0.5) is 17.5 Å². The molecule has 0 N–H and O–H groups in total. The molecule has 26 heavy (non-hydrogen) atoms. The van der Waals surface area contributed by atoms with Crippen LogP contribution in [-0.2, 0) is 6.42 Å². The molecule has 2 aromatic carbocycles. The summed E-state index contributed by atoms with van der Waals surface area (Å²) in [6, 6.07) is 21.2. The lowest BCUT2D eigenvalue weighted by atomic mass is 10.1. The van der Waals surface area contributed by atoms with Gasteiger partial charge in [0.2, 0.25) is 5.95 Å². The fourth-order valence-corrected chi connectivity index (χ4v) is 3.95. The highest BCUT2D eigenvalue weighted by atomic mass is 15.3. The maximum absolute atomic E-state index is 4.96. The maximum atomic E-state index is 4.96. The van der Waals surface area contributed by atoms with Crippen molar-refractivity contribution in [2.24, 2.45) is 0 Å². The van der Waals surface area contributed by atoms with E-state index in [1.165, 1.54) is 24.1 Å². The maximum Gasteiger partial charge on any atom is 0.227 e. The molecule has 1 saturated heterocycles. The first-order valence-corrected chi connectivity index (χ1v) is 9.43. The molecule has 3 aromatic rings. The number of fused-ring (bicyclic) bond motifs is 1. The Labute approximate surface area is 154 Å². The van der Waals surface area contributed by atoms with E-state index in [2.05, 4.69) is 64.4 Å². The van der Waals surface area contributed by atoms with Crippen LogP contribution in [0.2, 0.25) is 0 Å². The highest BCUT2D eigenvalue weighted by Gasteiger charge is 2.24. The van der Waals surface area contributed by atoms with E-state index in [0.29, 0.717) is 0 Å². The summed E-state index contributed by atoms with van der Waals surface area (Å²) in [5, 5.41) is 0. The predicted octanol–water partition coefficient (Wildman–Crippen LogP) is 4.44. The number of hydrogen-bond acceptors (Lipinski definition) is 4. The lowest BCUT2D eigenvalue weighted by Gasteiger charge is -2.22. The van der Waals surface area contributed by atoms with Crippen molar-refractivity contribution in [1.82, 2.24) is 9.97 Å². The first-order valence-electron chi connectivity index (χ1n) is 9.43. The van der Waals surface area contributed by atoms with Crippen molar-refractivity contribution in [3.05, 3.63) is 66.2 Å². The molecule has 0 spiro atoms. The lowest BCUT2D eigenvalue weighted by Crippen LogP contribution is -2.23. The molecule has 3 heterocycles. The Morgan fingerprint density at radius 1 is 0.769 bits per heavy atom. The SMILES string of the molecule is c1ccc(-c2cc(N3CCc4ccccc43)nc(N3CCCC3)n2)cc1. The number of para-hydroxylation sites is 1. The second kappa shape index (κ2) is 6.45. The number of nitrogens with zero attached hydrogens (tertiary/aromatic N) is 4. The third-order valence-electron chi connectivity index (χ3n) is 5.32. The van der Waals surface area contributed by atoms with Gasteiger partial charge in [0.15, 0.2) is 0 Å². The van der Waals surface area contributed by atoms with Gasteiger partial charge in [0.05, 0.1) is 5.69 Å². The van der Waals surface area contributed by atoms with Crippen LogP contribution in [0.1, 0.15) is 18.4 Å². The number of hydrogen-bond donors (Lipinski definition) is 0. The molecule has 2 aliphatic heterocycles. The molecular weight excluding hydrogens is 320 g/mol. The number of aromatic nitrogens is 2. The van der Waals surface area contributed by atoms with Gasteiger partial charge >= 0.3 is 0 Å². The molecule has 0 amide bonds. The average molecular weight is 342 g/mol. The van der Waals surface area contributed by atoms with Crippen molar-refractivity contribution < 1.29 is 0 Å². The Kier molecular flexibility index (Phi) is 3.81. The fraction of sp³-hybridized carbons (Fsp3) is 0.273. The first kappa shape index (κ1) is 15.4. The molecule has 0 aliphatic carbocycles. The quantitative estimate of drug-likeness (QED) is 0.704. The highest BCUT2D eigenvalue weighted by molar-refractivity contribution is 5.72. The van der Waals surface area contributed by atoms with Crippen LogP contribution in [-0.4, -0.2) is 29.6 Å². The molecule has 4 nitrogen and oxygen atoms in total. The van der Waals surface area contributed by atoms with Crippen molar-refractivity contribution in [3.63, 3.8) is 0 Å². The molecule has 1 fully saturated rings. The minimum Gasteiger partial charge on any atom is -0.341 e. The van der Waals surface area contributed by atoms with Crippen LogP contribution < -0.4 is 9.80 Å². The van der Waals surface area contributed by atoms with E-state index in [9.17, 15) is 0 Å². The molecule has 2 aliphatic rings. The average Bonchev–Trinajstić information content (AvgIpc) is 3.38. The predicted molar refractivity (Wildman–Crippen MR) is 106 cm³/mol. The molecule has 1 aromatic heterocycles. The first-order chi connectivity index (χ1) is 12.9. The monoisotopic (exact) mass is 342 g/mol. The van der Waals surface area contributed by atoms with Crippen LogP contribution in [0.15, 0.2) is 60.7 Å². The van der Waals surface area contributed by atoms with E-state index in [4.69, 9.17) is 9.97 Å². The van der Waals surface area contributed by atoms with E-state index in [0.717, 1.165) is 49.1 Å². The Balaban J connectivity index is 1.62. The van der Waals surface area contributed by atoms with E-state index < -0.39 is 0 Å². The van der Waals surface area contributed by atoms with Crippen molar-refractivity contribution in [3.8, 4) is 11.3 Å². The molecule has 0 radical (unpaired) electrons. The fourth-order valence-electron chi connectivity index (χ4n) is 3.95. The van der Waals surface area contributed by atoms with Crippen molar-refractivity contribution in [2.75, 3.05) is 29.4 Å². The Bertz CT molecular complexity index is 916. The zero-order valence-electron chi connectivity index (χ0n) is 14.8. The Morgan fingerprint density at radius 2 is 1.54 bits per heavy atom. The highest BCUT2D eigenvalue weighted by Crippen LogP contribution is 2.35. The van der Waals surface area contributed by atoms with E-state index in [-0.39, 0.29) is 0 Å². The van der Waals surface area contributed by atoms with E-state index in [1.807, 2.05) is 6.07 Å². The summed E-state index contributed by atoms with van der Waals surface area (Å²) in [6.45, 7) is 3.08. The normalized spacial score (nSPS) is 16.2. The number of rotatable bonds is 3. The van der Waals surface area contributed by atoms with Crippen LogP contribution in [0, 0.1) is 0 Å². The zero-order chi connectivity index (χ0) is 17.3. The van der Waals surface area contributed by atoms with Gasteiger partial charge in [-0.25, -0.2) is 4.98 Å². The van der Waals surface area contributed by atoms with Gasteiger partial charge in [0.1, 0.15) is 5.82 Å². The molecule has 0 unspecified atom stereocenters. The van der Waals surface area contributed by atoms with Crippen LogP contribution in [0.25, 0.3) is 11.3 Å². The topological polar surface area (TPSA) is 32.3 Å². The van der Waals surface area contributed by atoms with Gasteiger partial charge in [-0.05, 0) is 30.9 Å². The molecule has 4 heteroatoms. The minimum atomic E-state index is 0.864. The van der Waals surface area contributed by atoms with Gasteiger partial charge in [0.25, 0.3) is 0 Å². The molecular formula is C22H22N4. The molecule has 5 rings (SSSR count). The molecule has 0 saturated carbocycles. The summed E-state index contributed by atoms with van der Waals surface area (Å²) < 4.78 is 0. The summed E-state index contributed by atoms with van der Waals surface area (Å²) in [5.74, 6) is 1.87. The van der Waals surface area contributed by atoms with Crippen LogP contribution >= 0.6 is 0 Å². The summed E-state index contributed by atoms with van der Waals surface area (Å²) >= 11 is 0. The second-order valence-electron chi connectivity index (χ2n) is 7.00. The summed E-state index contributed by atoms with van der Waals surface area (Å²) in [7, 11) is 0. The summed E-state index contributed by atoms with van der Waals surface area (Å²) in [4.78, 5) is 14.5. The largest absolute Gasteiger partial charge is 0.341 e. The van der Waals surface area contributed by atoms with Gasteiger partial charge in [-0.1, -0.05) is 48.5 Å². The second-order valence-corrected chi connectivity index (χ2v) is 7.00. The lowest BCUT2D eigenvalue weighted by molar-refractivity contribution is 0.886. The molecule has 130 valence electrons. The Morgan fingerprint density at radius 3 is 2.38 bits per heavy atom. The summed E-state index contributed by atoms with van der Waals surface area (Å²) in [5.41, 5.74) is 4.82. The molecule has 0 atom stereocenters. The van der Waals surface area contributed by atoms with Gasteiger partial charge in [-0.2, -0.15) is 4.98 Å². The number of benzene rings is 2. The van der Waals surface area contributed by atoms with Crippen molar-refractivity contribution in [2.45, 2.75) is 19.3 Å². The van der Waals surface area contributed by atoms with Crippen LogP contribution in [0.3, 0.4) is 0 Å². The van der Waals surface area contributed by atoms with Crippen molar-refractivity contribution in [1.29, 1.82) is 0 Å².